The van der Waals surface area contributed by atoms with Crippen LogP contribution in [0.4, 0.5) is 5.69 Å². The van der Waals surface area contributed by atoms with Gasteiger partial charge in [-0.1, -0.05) is 30.3 Å². The topological polar surface area (TPSA) is 21.3 Å². The van der Waals surface area contributed by atoms with Crippen molar-refractivity contribution in [2.45, 2.75) is 19.8 Å². The van der Waals surface area contributed by atoms with Crippen molar-refractivity contribution in [1.29, 1.82) is 0 Å². The molecule has 0 aliphatic heterocycles. The van der Waals surface area contributed by atoms with E-state index in [1.165, 1.54) is 27.9 Å². The van der Waals surface area contributed by atoms with Gasteiger partial charge < -0.3 is 10.1 Å². The second-order valence-corrected chi connectivity index (χ2v) is 5.18. The first kappa shape index (κ1) is 13.2. The highest BCUT2D eigenvalue weighted by atomic mass is 16.5. The van der Waals surface area contributed by atoms with E-state index >= 15 is 0 Å². The van der Waals surface area contributed by atoms with Crippen molar-refractivity contribution in [2.24, 2.45) is 0 Å². The van der Waals surface area contributed by atoms with Crippen LogP contribution in [-0.4, -0.2) is 19.8 Å². The first-order valence-corrected chi connectivity index (χ1v) is 7.41. The van der Waals surface area contributed by atoms with E-state index in [0.29, 0.717) is 0 Å². The van der Waals surface area contributed by atoms with Gasteiger partial charge in [0.1, 0.15) is 0 Å². The van der Waals surface area contributed by atoms with Gasteiger partial charge in [-0.2, -0.15) is 0 Å². The molecule has 2 nitrogen and oxygen atoms in total. The Kier molecular flexibility index (Phi) is 4.03. The molecule has 2 heteroatoms. The lowest BCUT2D eigenvalue weighted by molar-refractivity contribution is 0.147. The number of benzene rings is 2. The summed E-state index contributed by atoms with van der Waals surface area (Å²) in [5, 5.41) is 3.48. The molecule has 1 aliphatic rings. The summed E-state index contributed by atoms with van der Waals surface area (Å²) in [5.41, 5.74) is 6.87. The molecule has 0 spiro atoms. The third kappa shape index (κ3) is 2.70. The molecule has 0 radical (unpaired) electrons. The van der Waals surface area contributed by atoms with Crippen LogP contribution in [0.25, 0.3) is 11.1 Å². The maximum absolute atomic E-state index is 5.35. The van der Waals surface area contributed by atoms with Crippen LogP contribution in [-0.2, 0) is 11.2 Å². The van der Waals surface area contributed by atoms with Crippen LogP contribution in [0.15, 0.2) is 42.5 Å². The molecule has 2 aromatic carbocycles. The summed E-state index contributed by atoms with van der Waals surface area (Å²) in [6.07, 6.45) is 2.10. The summed E-state index contributed by atoms with van der Waals surface area (Å²) in [6.45, 7) is 4.63. The zero-order valence-electron chi connectivity index (χ0n) is 12.0. The average molecular weight is 267 g/mol. The third-order valence-corrected chi connectivity index (χ3v) is 3.79. The maximum Gasteiger partial charge on any atom is 0.0482 e. The molecule has 0 bridgehead atoms. The zero-order valence-corrected chi connectivity index (χ0v) is 12.0. The highest BCUT2D eigenvalue weighted by Crippen LogP contribution is 2.37. The maximum atomic E-state index is 5.35. The van der Waals surface area contributed by atoms with E-state index in [2.05, 4.69) is 47.8 Å². The molecule has 0 saturated carbocycles. The van der Waals surface area contributed by atoms with Crippen molar-refractivity contribution < 1.29 is 4.74 Å². The smallest absolute Gasteiger partial charge is 0.0482 e. The largest absolute Gasteiger partial charge is 0.385 e. The molecule has 1 aliphatic carbocycles. The van der Waals surface area contributed by atoms with E-state index in [9.17, 15) is 0 Å². The van der Waals surface area contributed by atoms with Crippen molar-refractivity contribution in [3.8, 4) is 11.1 Å². The van der Waals surface area contributed by atoms with Crippen LogP contribution in [0, 0.1) is 0 Å². The van der Waals surface area contributed by atoms with Crippen LogP contribution in [0.3, 0.4) is 0 Å². The van der Waals surface area contributed by atoms with Crippen molar-refractivity contribution in [1.82, 2.24) is 0 Å². The van der Waals surface area contributed by atoms with Gasteiger partial charge in [0.2, 0.25) is 0 Å². The number of hydrogen-bond donors (Lipinski definition) is 1. The van der Waals surface area contributed by atoms with E-state index in [1.807, 2.05) is 6.92 Å². The summed E-state index contributed by atoms with van der Waals surface area (Å²) < 4.78 is 5.35. The van der Waals surface area contributed by atoms with E-state index in [4.69, 9.17) is 4.74 Å². The highest BCUT2D eigenvalue weighted by Gasteiger charge is 2.17. The number of rotatable bonds is 6. The minimum Gasteiger partial charge on any atom is -0.385 e. The van der Waals surface area contributed by atoms with Gasteiger partial charge in [-0.25, -0.2) is 0 Å². The number of hydrogen-bond acceptors (Lipinski definition) is 2. The molecule has 0 saturated heterocycles. The molecular weight excluding hydrogens is 246 g/mol. The first-order chi connectivity index (χ1) is 9.88. The molecule has 0 amide bonds. The average Bonchev–Trinajstić information content (AvgIpc) is 2.84. The number of anilines is 1. The third-order valence-electron chi connectivity index (χ3n) is 3.79. The Labute approximate surface area is 120 Å². The minimum atomic E-state index is 0.803. The first-order valence-electron chi connectivity index (χ1n) is 7.41. The van der Waals surface area contributed by atoms with Crippen LogP contribution >= 0.6 is 0 Å². The Hall–Kier alpha value is -1.80. The van der Waals surface area contributed by atoms with Gasteiger partial charge in [0.15, 0.2) is 0 Å². The predicted octanol–water partition coefficient (Wildman–Crippen LogP) is 4.10. The summed E-state index contributed by atoms with van der Waals surface area (Å²) in [6, 6.07) is 15.4. The van der Waals surface area contributed by atoms with Crippen LogP contribution in [0.5, 0.6) is 0 Å². The van der Waals surface area contributed by atoms with Gasteiger partial charge >= 0.3 is 0 Å². The van der Waals surface area contributed by atoms with Crippen LogP contribution in [0.1, 0.15) is 24.5 Å². The highest BCUT2D eigenvalue weighted by molar-refractivity contribution is 5.78. The van der Waals surface area contributed by atoms with Gasteiger partial charge in [-0.05, 0) is 54.2 Å². The SMILES string of the molecule is CCOCCCNc1ccc2c(c1)Cc1ccccc1-2. The lowest BCUT2D eigenvalue weighted by atomic mass is 10.1. The predicted molar refractivity (Wildman–Crippen MR) is 84.3 cm³/mol. The molecular formula is C18H21NO. The molecule has 0 unspecified atom stereocenters. The van der Waals surface area contributed by atoms with E-state index in [-0.39, 0.29) is 0 Å². The summed E-state index contributed by atoms with van der Waals surface area (Å²) >= 11 is 0. The molecule has 0 atom stereocenters. The molecule has 20 heavy (non-hydrogen) atoms. The Balaban J connectivity index is 1.65. The summed E-state index contributed by atoms with van der Waals surface area (Å²) in [7, 11) is 0. The lowest BCUT2D eigenvalue weighted by Crippen LogP contribution is -2.05. The molecule has 0 fully saturated rings. The molecule has 104 valence electrons. The second-order valence-electron chi connectivity index (χ2n) is 5.18. The fourth-order valence-electron chi connectivity index (χ4n) is 2.81. The summed E-state index contributed by atoms with van der Waals surface area (Å²) in [4.78, 5) is 0. The molecule has 1 N–H and O–H groups in total. The Bertz CT molecular complexity index is 592. The number of nitrogens with one attached hydrogen (secondary N) is 1. The normalized spacial score (nSPS) is 12.1. The van der Waals surface area contributed by atoms with E-state index in [1.54, 1.807) is 0 Å². The standard InChI is InChI=1S/C18H21NO/c1-2-20-11-5-10-19-16-8-9-18-15(13-16)12-14-6-3-4-7-17(14)18/h3-4,6-9,13,19H,2,5,10-12H2,1H3. The van der Waals surface area contributed by atoms with E-state index in [0.717, 1.165) is 32.6 Å². The minimum absolute atomic E-state index is 0.803. The molecule has 2 aromatic rings. The van der Waals surface area contributed by atoms with Gasteiger partial charge in [0.25, 0.3) is 0 Å². The van der Waals surface area contributed by atoms with Crippen LogP contribution < -0.4 is 5.32 Å². The lowest BCUT2D eigenvalue weighted by Gasteiger charge is -2.08. The quantitative estimate of drug-likeness (QED) is 0.679. The Morgan fingerprint density at radius 2 is 1.90 bits per heavy atom. The van der Waals surface area contributed by atoms with Gasteiger partial charge in [0, 0.05) is 25.4 Å². The van der Waals surface area contributed by atoms with Crippen molar-refractivity contribution in [3.05, 3.63) is 53.6 Å². The molecule has 0 aromatic heterocycles. The van der Waals surface area contributed by atoms with Crippen molar-refractivity contribution >= 4 is 5.69 Å². The van der Waals surface area contributed by atoms with Crippen molar-refractivity contribution in [3.63, 3.8) is 0 Å². The Morgan fingerprint density at radius 1 is 1.05 bits per heavy atom. The monoisotopic (exact) mass is 267 g/mol. The zero-order chi connectivity index (χ0) is 13.8. The fraction of sp³-hybridized carbons (Fsp3) is 0.333. The van der Waals surface area contributed by atoms with Gasteiger partial charge in [0.05, 0.1) is 0 Å². The molecule has 3 rings (SSSR count). The second kappa shape index (κ2) is 6.10. The number of ether oxygens (including phenoxy) is 1. The van der Waals surface area contributed by atoms with Gasteiger partial charge in [-0.15, -0.1) is 0 Å². The molecule has 0 heterocycles. The van der Waals surface area contributed by atoms with Crippen molar-refractivity contribution in [2.75, 3.05) is 25.1 Å². The number of fused-ring (bicyclic) bond motifs is 3. The van der Waals surface area contributed by atoms with Gasteiger partial charge in [-0.3, -0.25) is 0 Å². The summed E-state index contributed by atoms with van der Waals surface area (Å²) in [5.74, 6) is 0. The Morgan fingerprint density at radius 3 is 2.80 bits per heavy atom. The van der Waals surface area contributed by atoms with Crippen LogP contribution in [0.2, 0.25) is 0 Å². The fourth-order valence-corrected chi connectivity index (χ4v) is 2.81. The van der Waals surface area contributed by atoms with E-state index < -0.39 is 0 Å².